The first kappa shape index (κ1) is 26.8. The number of amides is 1. The summed E-state index contributed by atoms with van der Waals surface area (Å²) in [6.45, 7) is 4.55. The van der Waals surface area contributed by atoms with E-state index in [1.807, 2.05) is 26.8 Å². The Morgan fingerprint density at radius 3 is 2.14 bits per heavy atom. The van der Waals surface area contributed by atoms with Crippen LogP contribution in [0.4, 0.5) is 0 Å². The highest BCUT2D eigenvalue weighted by Crippen LogP contribution is 2.24. The minimum atomic E-state index is -3.89. The van der Waals surface area contributed by atoms with Crippen LogP contribution in [0.3, 0.4) is 0 Å². The van der Waals surface area contributed by atoms with Crippen LogP contribution in [0, 0.1) is 20.8 Å². The highest BCUT2D eigenvalue weighted by Gasteiger charge is 2.26. The highest BCUT2D eigenvalue weighted by molar-refractivity contribution is 7.89. The van der Waals surface area contributed by atoms with Crippen molar-refractivity contribution in [2.45, 2.75) is 31.8 Å². The second kappa shape index (κ2) is 11.7. The van der Waals surface area contributed by atoms with Gasteiger partial charge in [0.2, 0.25) is 21.7 Å². The van der Waals surface area contributed by atoms with Crippen molar-refractivity contribution in [2.24, 2.45) is 0 Å². The zero-order valence-corrected chi connectivity index (χ0v) is 21.1. The first-order chi connectivity index (χ1) is 17.1. The Morgan fingerprint density at radius 2 is 1.50 bits per heavy atom. The maximum atomic E-state index is 13.2. The lowest BCUT2D eigenvalue weighted by atomic mass is 9.97. The number of carbonyl (C=O) groups is 3. The van der Waals surface area contributed by atoms with Crippen LogP contribution in [0.25, 0.3) is 0 Å². The fraction of sp³-hybridized carbons (Fsp3) is 0.222. The summed E-state index contributed by atoms with van der Waals surface area (Å²) in [7, 11) is -3.89. The van der Waals surface area contributed by atoms with E-state index in [0.29, 0.717) is 11.1 Å². The lowest BCUT2D eigenvalue weighted by Gasteiger charge is -2.18. The second-order valence-electron chi connectivity index (χ2n) is 8.36. The molecule has 0 aliphatic heterocycles. The molecule has 9 heteroatoms. The monoisotopic (exact) mass is 508 g/mol. The van der Waals surface area contributed by atoms with E-state index in [9.17, 15) is 22.8 Å². The number of hydrogen-bond donors (Lipinski definition) is 2. The van der Waals surface area contributed by atoms with Gasteiger partial charge in [0.15, 0.2) is 6.10 Å². The maximum absolute atomic E-state index is 13.2. The summed E-state index contributed by atoms with van der Waals surface area (Å²) in [5, 5.41) is 2.32. The van der Waals surface area contributed by atoms with Gasteiger partial charge < -0.3 is 10.1 Å². The molecule has 0 saturated heterocycles. The summed E-state index contributed by atoms with van der Waals surface area (Å²) in [5.41, 5.74) is 3.75. The molecule has 0 heterocycles. The van der Waals surface area contributed by atoms with E-state index in [1.165, 1.54) is 12.1 Å². The van der Waals surface area contributed by atoms with Crippen LogP contribution in [-0.4, -0.2) is 39.2 Å². The van der Waals surface area contributed by atoms with Crippen LogP contribution in [0.2, 0.25) is 0 Å². The maximum Gasteiger partial charge on any atom is 0.326 e. The predicted molar refractivity (Wildman–Crippen MR) is 135 cm³/mol. The van der Waals surface area contributed by atoms with Crippen molar-refractivity contribution in [1.82, 2.24) is 10.0 Å². The molecule has 1 amide bonds. The van der Waals surface area contributed by atoms with E-state index >= 15 is 0 Å². The first-order valence-corrected chi connectivity index (χ1v) is 12.7. The molecule has 0 fully saturated rings. The topological polar surface area (TPSA) is 119 Å². The van der Waals surface area contributed by atoms with Gasteiger partial charge in [-0.1, -0.05) is 60.2 Å². The average molecular weight is 509 g/mol. The number of ether oxygens (including phenoxy) is 1. The summed E-state index contributed by atoms with van der Waals surface area (Å²) < 4.78 is 32.3. The van der Waals surface area contributed by atoms with Gasteiger partial charge in [0.1, 0.15) is 6.54 Å². The van der Waals surface area contributed by atoms with Crippen LogP contribution in [0.5, 0.6) is 0 Å². The number of ketones is 1. The van der Waals surface area contributed by atoms with E-state index in [4.69, 9.17) is 4.74 Å². The lowest BCUT2D eigenvalue weighted by molar-refractivity contribution is -0.147. The van der Waals surface area contributed by atoms with Crippen LogP contribution in [0.1, 0.15) is 38.7 Å². The molecule has 3 rings (SSSR count). The second-order valence-corrected chi connectivity index (χ2v) is 10.1. The minimum absolute atomic E-state index is 0.0240. The first-order valence-electron chi connectivity index (χ1n) is 11.3. The number of rotatable bonds is 10. The van der Waals surface area contributed by atoms with Gasteiger partial charge >= 0.3 is 5.97 Å². The van der Waals surface area contributed by atoms with E-state index < -0.39 is 46.9 Å². The molecule has 0 aliphatic carbocycles. The lowest BCUT2D eigenvalue weighted by Crippen LogP contribution is -2.39. The number of aryl methyl sites for hydroxylation is 3. The minimum Gasteiger partial charge on any atom is -0.448 e. The molecule has 0 aromatic heterocycles. The molecule has 1 atom stereocenters. The third kappa shape index (κ3) is 7.10. The number of hydrogen-bond acceptors (Lipinski definition) is 6. The van der Waals surface area contributed by atoms with Gasteiger partial charge in [0.05, 0.1) is 11.4 Å². The van der Waals surface area contributed by atoms with Crippen molar-refractivity contribution < 1.29 is 27.5 Å². The molecule has 36 heavy (non-hydrogen) atoms. The standard InChI is InChI=1S/C27H28N2O6S/c1-18-9-13-23(14-10-18)36(33,34)29-16-24(30)28-17-25(31)35-27(21-7-5-4-6-8-21)26(32)22-12-11-19(2)20(3)15-22/h4-15,27,29H,16-17H2,1-3H3,(H,28,30)/t27-/m1/s1. The number of carbonyl (C=O) groups excluding carboxylic acids is 3. The predicted octanol–water partition coefficient (Wildman–Crippen LogP) is 3.17. The van der Waals surface area contributed by atoms with E-state index in [-0.39, 0.29) is 4.90 Å². The Morgan fingerprint density at radius 1 is 0.833 bits per heavy atom. The third-order valence-corrected chi connectivity index (χ3v) is 6.98. The van der Waals surface area contributed by atoms with Crippen LogP contribution in [-0.2, 0) is 24.3 Å². The number of benzene rings is 3. The van der Waals surface area contributed by atoms with Crippen LogP contribution in [0.15, 0.2) is 77.7 Å². The van der Waals surface area contributed by atoms with Crippen molar-refractivity contribution in [3.63, 3.8) is 0 Å². The number of sulfonamides is 1. The molecule has 8 nitrogen and oxygen atoms in total. The summed E-state index contributed by atoms with van der Waals surface area (Å²) in [4.78, 5) is 37.9. The normalized spacial score (nSPS) is 12.0. The Labute approximate surface area is 210 Å². The van der Waals surface area contributed by atoms with Crippen molar-refractivity contribution in [3.05, 3.63) is 101 Å². The molecule has 2 N–H and O–H groups in total. The van der Waals surface area contributed by atoms with Gasteiger partial charge in [-0.2, -0.15) is 0 Å². The van der Waals surface area contributed by atoms with Crippen molar-refractivity contribution >= 4 is 27.7 Å². The Kier molecular flexibility index (Phi) is 8.73. The summed E-state index contributed by atoms with van der Waals surface area (Å²) >= 11 is 0. The highest BCUT2D eigenvalue weighted by atomic mass is 32.2. The smallest absolute Gasteiger partial charge is 0.326 e. The summed E-state index contributed by atoms with van der Waals surface area (Å²) in [6.07, 6.45) is -1.20. The molecular weight excluding hydrogens is 480 g/mol. The fourth-order valence-electron chi connectivity index (χ4n) is 3.31. The van der Waals surface area contributed by atoms with Crippen molar-refractivity contribution in [2.75, 3.05) is 13.1 Å². The number of Topliss-reactive ketones (excluding diaryl/α,β-unsaturated/α-hetero) is 1. The van der Waals surface area contributed by atoms with Crippen LogP contribution < -0.4 is 10.0 Å². The average Bonchev–Trinajstić information content (AvgIpc) is 2.87. The van der Waals surface area contributed by atoms with Gasteiger partial charge in [-0.15, -0.1) is 0 Å². The van der Waals surface area contributed by atoms with Crippen molar-refractivity contribution in [1.29, 1.82) is 0 Å². The summed E-state index contributed by atoms with van der Waals surface area (Å²) in [6, 6.07) is 20.0. The molecule has 0 saturated carbocycles. The molecule has 3 aromatic carbocycles. The number of esters is 1. The van der Waals surface area contributed by atoms with E-state index in [2.05, 4.69) is 10.0 Å². The largest absolute Gasteiger partial charge is 0.448 e. The molecule has 188 valence electrons. The fourth-order valence-corrected chi connectivity index (χ4v) is 4.30. The zero-order valence-electron chi connectivity index (χ0n) is 20.3. The van der Waals surface area contributed by atoms with Crippen LogP contribution >= 0.6 is 0 Å². The summed E-state index contributed by atoms with van der Waals surface area (Å²) in [5.74, 6) is -1.95. The molecule has 0 aliphatic rings. The Bertz CT molecular complexity index is 1350. The molecule has 0 spiro atoms. The SMILES string of the molecule is Cc1ccc(S(=O)(=O)NCC(=O)NCC(=O)O[C@@H](C(=O)c2ccc(C)c(C)c2)c2ccccc2)cc1. The van der Waals surface area contributed by atoms with Gasteiger partial charge in [-0.05, 0) is 50.1 Å². The van der Waals surface area contributed by atoms with Gasteiger partial charge in [-0.25, -0.2) is 13.1 Å². The Balaban J connectivity index is 1.61. The van der Waals surface area contributed by atoms with Gasteiger partial charge in [0.25, 0.3) is 0 Å². The zero-order chi connectivity index (χ0) is 26.3. The quantitative estimate of drug-likeness (QED) is 0.321. The number of nitrogens with one attached hydrogen (secondary N) is 2. The van der Waals surface area contributed by atoms with Gasteiger partial charge in [-0.3, -0.25) is 14.4 Å². The molecule has 0 unspecified atom stereocenters. The van der Waals surface area contributed by atoms with Crippen molar-refractivity contribution in [3.8, 4) is 0 Å². The Hall–Kier alpha value is -3.82. The van der Waals surface area contributed by atoms with Gasteiger partial charge in [0, 0.05) is 11.1 Å². The molecule has 3 aromatic rings. The molecular formula is C27H28N2O6S. The van der Waals surface area contributed by atoms with E-state index in [1.54, 1.807) is 54.6 Å². The molecule has 0 radical (unpaired) electrons. The van der Waals surface area contributed by atoms with E-state index in [0.717, 1.165) is 16.7 Å². The molecule has 0 bridgehead atoms. The third-order valence-electron chi connectivity index (χ3n) is 5.57.